The molecule has 0 aliphatic rings. The van der Waals surface area contributed by atoms with E-state index in [0.717, 1.165) is 0 Å². The molecule has 0 unspecified atom stereocenters. The molecule has 2 rings (SSSR count). The SMILES string of the molecule is O=C(O)c1cc2c(C(F)F)cccn2c1. The summed E-state index contributed by atoms with van der Waals surface area (Å²) < 4.78 is 26.5. The van der Waals surface area contributed by atoms with Gasteiger partial charge in [-0.05, 0) is 18.2 Å². The average molecular weight is 211 g/mol. The fraction of sp³-hybridized carbons (Fsp3) is 0.100. The average Bonchev–Trinajstić information content (AvgIpc) is 2.60. The zero-order valence-corrected chi connectivity index (χ0v) is 7.52. The first-order valence-electron chi connectivity index (χ1n) is 4.21. The topological polar surface area (TPSA) is 41.7 Å². The van der Waals surface area contributed by atoms with Crippen molar-refractivity contribution in [1.82, 2.24) is 4.40 Å². The van der Waals surface area contributed by atoms with Crippen molar-refractivity contribution >= 4 is 11.5 Å². The number of aromatic nitrogens is 1. The van der Waals surface area contributed by atoms with Crippen LogP contribution in [0.1, 0.15) is 22.3 Å². The Bertz CT molecular complexity index is 519. The second-order valence-electron chi connectivity index (χ2n) is 3.09. The van der Waals surface area contributed by atoms with Crippen molar-refractivity contribution in [3.05, 3.63) is 41.7 Å². The summed E-state index contributed by atoms with van der Waals surface area (Å²) in [6, 6.07) is 3.98. The highest BCUT2D eigenvalue weighted by atomic mass is 19.3. The van der Waals surface area contributed by atoms with E-state index in [1.54, 1.807) is 0 Å². The Labute approximate surface area is 83.6 Å². The molecule has 0 aliphatic heterocycles. The predicted octanol–water partition coefficient (Wildman–Crippen LogP) is 2.58. The van der Waals surface area contributed by atoms with E-state index in [2.05, 4.69) is 0 Å². The molecule has 0 saturated carbocycles. The van der Waals surface area contributed by atoms with Crippen LogP contribution in [0.3, 0.4) is 0 Å². The van der Waals surface area contributed by atoms with E-state index in [-0.39, 0.29) is 16.6 Å². The number of carboxylic acid groups (broad SMARTS) is 1. The van der Waals surface area contributed by atoms with Crippen molar-refractivity contribution in [2.45, 2.75) is 6.43 Å². The summed E-state index contributed by atoms with van der Waals surface area (Å²) in [7, 11) is 0. The van der Waals surface area contributed by atoms with Crippen LogP contribution in [-0.4, -0.2) is 15.5 Å². The van der Waals surface area contributed by atoms with Crippen molar-refractivity contribution in [1.29, 1.82) is 0 Å². The molecule has 2 aromatic heterocycles. The van der Waals surface area contributed by atoms with E-state index >= 15 is 0 Å². The first-order chi connectivity index (χ1) is 7.09. The second kappa shape index (κ2) is 3.34. The lowest BCUT2D eigenvalue weighted by atomic mass is 10.2. The van der Waals surface area contributed by atoms with E-state index in [1.165, 1.54) is 35.0 Å². The number of rotatable bonds is 2. The van der Waals surface area contributed by atoms with E-state index in [9.17, 15) is 13.6 Å². The Morgan fingerprint density at radius 2 is 2.20 bits per heavy atom. The van der Waals surface area contributed by atoms with Gasteiger partial charge < -0.3 is 9.51 Å². The first-order valence-corrected chi connectivity index (χ1v) is 4.21. The maximum Gasteiger partial charge on any atom is 0.337 e. The van der Waals surface area contributed by atoms with Gasteiger partial charge in [0.1, 0.15) is 0 Å². The molecule has 0 aromatic carbocycles. The van der Waals surface area contributed by atoms with Crippen LogP contribution in [0, 0.1) is 0 Å². The van der Waals surface area contributed by atoms with Gasteiger partial charge in [0.2, 0.25) is 0 Å². The molecule has 0 atom stereocenters. The van der Waals surface area contributed by atoms with Crippen LogP contribution >= 0.6 is 0 Å². The molecule has 0 saturated heterocycles. The minimum atomic E-state index is -2.61. The van der Waals surface area contributed by atoms with Crippen LogP contribution in [-0.2, 0) is 0 Å². The van der Waals surface area contributed by atoms with Crippen LogP contribution in [0.2, 0.25) is 0 Å². The summed E-state index contributed by atoms with van der Waals surface area (Å²) in [6.45, 7) is 0. The number of fused-ring (bicyclic) bond motifs is 1. The van der Waals surface area contributed by atoms with Gasteiger partial charge in [-0.25, -0.2) is 13.6 Å². The molecule has 2 aromatic rings. The number of carboxylic acids is 1. The van der Waals surface area contributed by atoms with Gasteiger partial charge >= 0.3 is 5.97 Å². The number of alkyl halides is 2. The van der Waals surface area contributed by atoms with E-state index in [1.807, 2.05) is 0 Å². The lowest BCUT2D eigenvalue weighted by Crippen LogP contribution is -1.91. The predicted molar refractivity (Wildman–Crippen MR) is 49.3 cm³/mol. The zero-order chi connectivity index (χ0) is 11.0. The second-order valence-corrected chi connectivity index (χ2v) is 3.09. The van der Waals surface area contributed by atoms with E-state index in [4.69, 9.17) is 5.11 Å². The zero-order valence-electron chi connectivity index (χ0n) is 7.52. The number of aromatic carboxylic acids is 1. The molecule has 0 spiro atoms. The van der Waals surface area contributed by atoms with Gasteiger partial charge in [0, 0.05) is 18.0 Å². The van der Waals surface area contributed by atoms with Gasteiger partial charge in [-0.1, -0.05) is 0 Å². The summed E-state index contributed by atoms with van der Waals surface area (Å²) in [6.07, 6.45) is 0.238. The molecule has 0 bridgehead atoms. The third kappa shape index (κ3) is 1.56. The minimum absolute atomic E-state index is 0.00287. The highest BCUT2D eigenvalue weighted by molar-refractivity contribution is 5.89. The Balaban J connectivity index is 2.69. The highest BCUT2D eigenvalue weighted by Gasteiger charge is 2.14. The third-order valence-electron chi connectivity index (χ3n) is 2.15. The standard InChI is InChI=1S/C10H7F2NO2/c11-9(12)7-2-1-3-13-5-6(10(14)15)4-8(7)13/h1-5,9H,(H,14,15). The van der Waals surface area contributed by atoms with Crippen molar-refractivity contribution in [2.75, 3.05) is 0 Å². The monoisotopic (exact) mass is 211 g/mol. The van der Waals surface area contributed by atoms with Crippen LogP contribution in [0.15, 0.2) is 30.6 Å². The molecule has 15 heavy (non-hydrogen) atoms. The van der Waals surface area contributed by atoms with Crippen molar-refractivity contribution < 1.29 is 18.7 Å². The minimum Gasteiger partial charge on any atom is -0.478 e. The van der Waals surface area contributed by atoms with Crippen molar-refractivity contribution in [3.63, 3.8) is 0 Å². The Morgan fingerprint density at radius 3 is 2.80 bits per heavy atom. The lowest BCUT2D eigenvalue weighted by molar-refractivity contribution is 0.0697. The van der Waals surface area contributed by atoms with Crippen molar-refractivity contribution in [3.8, 4) is 0 Å². The number of hydrogen-bond acceptors (Lipinski definition) is 1. The largest absolute Gasteiger partial charge is 0.478 e. The fourth-order valence-corrected chi connectivity index (χ4v) is 1.46. The molecule has 2 heterocycles. The third-order valence-corrected chi connectivity index (χ3v) is 2.15. The number of halogens is 2. The molecular formula is C10H7F2NO2. The van der Waals surface area contributed by atoms with E-state index in [0.29, 0.717) is 0 Å². The van der Waals surface area contributed by atoms with Crippen molar-refractivity contribution in [2.24, 2.45) is 0 Å². The smallest absolute Gasteiger partial charge is 0.337 e. The summed E-state index contributed by atoms with van der Waals surface area (Å²) in [5, 5.41) is 8.71. The number of pyridine rings is 1. The molecule has 1 N–H and O–H groups in total. The maximum atomic E-state index is 12.5. The summed E-state index contributed by atoms with van der Waals surface area (Å²) >= 11 is 0. The van der Waals surface area contributed by atoms with Gasteiger partial charge in [-0.2, -0.15) is 0 Å². The summed E-state index contributed by atoms with van der Waals surface area (Å²) in [5.74, 6) is -1.13. The van der Waals surface area contributed by atoms with Crippen LogP contribution < -0.4 is 0 Å². The quantitative estimate of drug-likeness (QED) is 0.829. The molecule has 0 aliphatic carbocycles. The normalized spacial score (nSPS) is 11.1. The summed E-state index contributed by atoms with van der Waals surface area (Å²) in [4.78, 5) is 10.7. The van der Waals surface area contributed by atoms with Gasteiger partial charge in [0.15, 0.2) is 0 Å². The molecule has 5 heteroatoms. The van der Waals surface area contributed by atoms with Gasteiger partial charge in [-0.15, -0.1) is 0 Å². The molecule has 0 radical (unpaired) electrons. The van der Waals surface area contributed by atoms with Gasteiger partial charge in [0.25, 0.3) is 6.43 Å². The van der Waals surface area contributed by atoms with E-state index < -0.39 is 12.4 Å². The summed E-state index contributed by atoms with van der Waals surface area (Å²) in [5.41, 5.74) is 0.0676. The Morgan fingerprint density at radius 1 is 1.47 bits per heavy atom. The number of hydrogen-bond donors (Lipinski definition) is 1. The Kier molecular flexibility index (Phi) is 2.15. The molecule has 0 fully saturated rings. The fourth-order valence-electron chi connectivity index (χ4n) is 1.46. The van der Waals surface area contributed by atoms with Crippen LogP contribution in [0.4, 0.5) is 8.78 Å². The van der Waals surface area contributed by atoms with Crippen LogP contribution in [0.5, 0.6) is 0 Å². The van der Waals surface area contributed by atoms with Gasteiger partial charge in [0.05, 0.1) is 11.1 Å². The van der Waals surface area contributed by atoms with Gasteiger partial charge in [-0.3, -0.25) is 0 Å². The van der Waals surface area contributed by atoms with Crippen LogP contribution in [0.25, 0.3) is 5.52 Å². The highest BCUT2D eigenvalue weighted by Crippen LogP contribution is 2.24. The molecular weight excluding hydrogens is 204 g/mol. The maximum absolute atomic E-state index is 12.5. The molecule has 0 amide bonds. The number of carbonyl (C=O) groups is 1. The molecule has 3 nitrogen and oxygen atoms in total. The Hall–Kier alpha value is -1.91. The number of nitrogens with zero attached hydrogens (tertiary/aromatic N) is 1. The first kappa shape index (κ1) is 9.64. The lowest BCUT2D eigenvalue weighted by Gasteiger charge is -2.01. The molecule has 78 valence electrons.